The number of furan rings is 1. The summed E-state index contributed by atoms with van der Waals surface area (Å²) in [6, 6.07) is 10.5. The third-order valence-corrected chi connectivity index (χ3v) is 4.36. The van der Waals surface area contributed by atoms with E-state index in [0.29, 0.717) is 5.69 Å². The fourth-order valence-corrected chi connectivity index (χ4v) is 2.48. The van der Waals surface area contributed by atoms with Crippen LogP contribution in [0.25, 0.3) is 0 Å². The smallest absolute Gasteiger partial charge is 0.305 e. The molecule has 0 aliphatic carbocycles. The molecule has 132 valence electrons. The van der Waals surface area contributed by atoms with Crippen LogP contribution < -0.4 is 16.2 Å². The molecule has 7 nitrogen and oxygen atoms in total. The average molecular weight is 361 g/mol. The fraction of sp³-hybridized carbons (Fsp3) is 0.235. The molecule has 0 unspecified atom stereocenters. The highest BCUT2D eigenvalue weighted by Crippen LogP contribution is 2.13. The van der Waals surface area contributed by atoms with E-state index in [1.54, 1.807) is 13.0 Å². The monoisotopic (exact) mass is 361 g/mol. The first-order valence-electron chi connectivity index (χ1n) is 7.57. The Morgan fingerprint density at radius 1 is 1.12 bits per heavy atom. The standard InChI is InChI=1S/C17H19N3O4S/c1-11-5-7-13(8-6-11)18-15(21)10-25-12(2)16(22)19-20-17(23)14-4-3-9-24-14/h3-9,12H,10H2,1-2H3,(H,18,21)(H,19,22)(H,20,23)/t12-/m0/s1. The first-order chi connectivity index (χ1) is 12.0. The van der Waals surface area contributed by atoms with Gasteiger partial charge in [-0.3, -0.25) is 25.2 Å². The Kier molecular flexibility index (Phi) is 6.64. The minimum atomic E-state index is -0.548. The fourth-order valence-electron chi connectivity index (χ4n) is 1.80. The van der Waals surface area contributed by atoms with E-state index in [2.05, 4.69) is 16.2 Å². The summed E-state index contributed by atoms with van der Waals surface area (Å²) >= 11 is 1.17. The Balaban J connectivity index is 1.70. The molecule has 0 aliphatic heterocycles. The Labute approximate surface area is 149 Å². The number of amides is 3. The third kappa shape index (κ3) is 6.00. The van der Waals surface area contributed by atoms with Gasteiger partial charge < -0.3 is 9.73 Å². The van der Waals surface area contributed by atoms with E-state index in [-0.39, 0.29) is 17.4 Å². The molecule has 3 N–H and O–H groups in total. The molecule has 0 fully saturated rings. The van der Waals surface area contributed by atoms with Crippen LogP contribution in [0.1, 0.15) is 23.0 Å². The summed E-state index contributed by atoms with van der Waals surface area (Å²) in [6.07, 6.45) is 1.36. The Morgan fingerprint density at radius 3 is 2.48 bits per heavy atom. The number of anilines is 1. The lowest BCUT2D eigenvalue weighted by molar-refractivity contribution is -0.121. The second-order valence-electron chi connectivity index (χ2n) is 5.29. The minimum absolute atomic E-state index is 0.0954. The quantitative estimate of drug-likeness (QED) is 0.684. The topological polar surface area (TPSA) is 100 Å². The number of carbonyl (C=O) groups is 3. The summed E-state index contributed by atoms with van der Waals surface area (Å²) in [5.41, 5.74) is 6.36. The van der Waals surface area contributed by atoms with Crippen molar-refractivity contribution in [2.24, 2.45) is 0 Å². The lowest BCUT2D eigenvalue weighted by atomic mass is 10.2. The molecule has 1 aromatic carbocycles. The largest absolute Gasteiger partial charge is 0.459 e. The zero-order chi connectivity index (χ0) is 18.2. The van der Waals surface area contributed by atoms with Gasteiger partial charge in [-0.1, -0.05) is 17.7 Å². The molecule has 0 saturated carbocycles. The van der Waals surface area contributed by atoms with Gasteiger partial charge in [-0.15, -0.1) is 11.8 Å². The molecule has 8 heteroatoms. The number of aryl methyl sites for hydroxylation is 1. The Bertz CT molecular complexity index is 729. The van der Waals surface area contributed by atoms with Crippen molar-refractivity contribution in [1.82, 2.24) is 10.9 Å². The highest BCUT2D eigenvalue weighted by Gasteiger charge is 2.17. The molecule has 0 radical (unpaired) electrons. The van der Waals surface area contributed by atoms with Crippen molar-refractivity contribution in [2.45, 2.75) is 19.1 Å². The van der Waals surface area contributed by atoms with E-state index in [1.807, 2.05) is 31.2 Å². The molecule has 1 aromatic heterocycles. The summed E-state index contributed by atoms with van der Waals surface area (Å²) in [5, 5.41) is 2.25. The molecule has 1 atom stereocenters. The van der Waals surface area contributed by atoms with Crippen LogP contribution in [0.5, 0.6) is 0 Å². The number of rotatable bonds is 6. The Morgan fingerprint density at radius 2 is 1.84 bits per heavy atom. The minimum Gasteiger partial charge on any atom is -0.459 e. The van der Waals surface area contributed by atoms with E-state index in [1.165, 1.54) is 24.1 Å². The number of hydrazine groups is 1. The molecular formula is C17H19N3O4S. The summed E-state index contributed by atoms with van der Waals surface area (Å²) < 4.78 is 4.91. The molecule has 25 heavy (non-hydrogen) atoms. The number of carbonyl (C=O) groups excluding carboxylic acids is 3. The highest BCUT2D eigenvalue weighted by atomic mass is 32.2. The first-order valence-corrected chi connectivity index (χ1v) is 8.62. The van der Waals surface area contributed by atoms with Crippen molar-refractivity contribution < 1.29 is 18.8 Å². The maximum atomic E-state index is 11.9. The first kappa shape index (κ1) is 18.6. The van der Waals surface area contributed by atoms with Crippen molar-refractivity contribution in [3.05, 3.63) is 54.0 Å². The van der Waals surface area contributed by atoms with Gasteiger partial charge in [0.2, 0.25) is 5.91 Å². The summed E-state index contributed by atoms with van der Waals surface area (Å²) in [5.74, 6) is -0.943. The average Bonchev–Trinajstić information content (AvgIpc) is 3.14. The summed E-state index contributed by atoms with van der Waals surface area (Å²) in [6.45, 7) is 3.62. The lowest BCUT2D eigenvalue weighted by Crippen LogP contribution is -2.45. The maximum absolute atomic E-state index is 11.9. The SMILES string of the molecule is Cc1ccc(NC(=O)CS[C@@H](C)C(=O)NNC(=O)c2ccco2)cc1. The summed E-state index contributed by atoms with van der Waals surface area (Å²) in [7, 11) is 0. The van der Waals surface area contributed by atoms with Crippen molar-refractivity contribution in [3.63, 3.8) is 0 Å². The Hall–Kier alpha value is -2.74. The van der Waals surface area contributed by atoms with Crippen LogP contribution >= 0.6 is 11.8 Å². The van der Waals surface area contributed by atoms with E-state index in [9.17, 15) is 14.4 Å². The molecule has 2 aromatic rings. The predicted octanol–water partition coefficient (Wildman–Crippen LogP) is 2.11. The van der Waals surface area contributed by atoms with Crippen molar-refractivity contribution in [3.8, 4) is 0 Å². The number of hydrogen-bond donors (Lipinski definition) is 3. The van der Waals surface area contributed by atoms with E-state index < -0.39 is 17.1 Å². The normalized spacial score (nSPS) is 11.4. The van der Waals surface area contributed by atoms with Crippen LogP contribution in [0.4, 0.5) is 5.69 Å². The van der Waals surface area contributed by atoms with Crippen molar-refractivity contribution in [2.75, 3.05) is 11.1 Å². The van der Waals surface area contributed by atoms with Gasteiger partial charge in [-0.05, 0) is 38.1 Å². The number of nitrogens with one attached hydrogen (secondary N) is 3. The molecule has 0 aliphatic rings. The van der Waals surface area contributed by atoms with Gasteiger partial charge in [0.15, 0.2) is 5.76 Å². The van der Waals surface area contributed by atoms with Gasteiger partial charge in [0, 0.05) is 5.69 Å². The molecule has 0 saturated heterocycles. The third-order valence-electron chi connectivity index (χ3n) is 3.21. The zero-order valence-corrected chi connectivity index (χ0v) is 14.7. The van der Waals surface area contributed by atoms with Crippen LogP contribution in [-0.2, 0) is 9.59 Å². The van der Waals surface area contributed by atoms with Crippen LogP contribution in [-0.4, -0.2) is 28.7 Å². The van der Waals surface area contributed by atoms with Crippen LogP contribution in [0, 0.1) is 6.92 Å². The lowest BCUT2D eigenvalue weighted by Gasteiger charge is -2.12. The molecule has 0 spiro atoms. The van der Waals surface area contributed by atoms with Gasteiger partial charge >= 0.3 is 5.91 Å². The maximum Gasteiger partial charge on any atom is 0.305 e. The van der Waals surface area contributed by atoms with Gasteiger partial charge in [0.1, 0.15) is 0 Å². The molecular weight excluding hydrogens is 342 g/mol. The summed E-state index contributed by atoms with van der Waals surface area (Å²) in [4.78, 5) is 35.5. The predicted molar refractivity (Wildman–Crippen MR) is 96.0 cm³/mol. The highest BCUT2D eigenvalue weighted by molar-refractivity contribution is 8.01. The van der Waals surface area contributed by atoms with Crippen LogP contribution in [0.3, 0.4) is 0 Å². The molecule has 2 rings (SSSR count). The van der Waals surface area contributed by atoms with Gasteiger partial charge in [-0.25, -0.2) is 0 Å². The number of hydrogen-bond acceptors (Lipinski definition) is 5. The van der Waals surface area contributed by atoms with Crippen molar-refractivity contribution >= 4 is 35.2 Å². The zero-order valence-electron chi connectivity index (χ0n) is 13.9. The number of thioether (sulfide) groups is 1. The van der Waals surface area contributed by atoms with Crippen LogP contribution in [0.15, 0.2) is 47.1 Å². The van der Waals surface area contributed by atoms with Crippen LogP contribution in [0.2, 0.25) is 0 Å². The molecule has 1 heterocycles. The van der Waals surface area contributed by atoms with E-state index in [0.717, 1.165) is 5.56 Å². The van der Waals surface area contributed by atoms with Crippen molar-refractivity contribution in [1.29, 1.82) is 0 Å². The number of benzene rings is 1. The van der Waals surface area contributed by atoms with Gasteiger partial charge in [0.05, 0.1) is 17.3 Å². The second kappa shape index (κ2) is 8.93. The molecule has 0 bridgehead atoms. The van der Waals surface area contributed by atoms with E-state index >= 15 is 0 Å². The van der Waals surface area contributed by atoms with Gasteiger partial charge in [-0.2, -0.15) is 0 Å². The second-order valence-corrected chi connectivity index (χ2v) is 6.62. The van der Waals surface area contributed by atoms with E-state index in [4.69, 9.17) is 4.42 Å². The van der Waals surface area contributed by atoms with Gasteiger partial charge in [0.25, 0.3) is 5.91 Å². The molecule has 3 amide bonds.